The van der Waals surface area contributed by atoms with Gasteiger partial charge in [0.15, 0.2) is 5.82 Å². The van der Waals surface area contributed by atoms with Gasteiger partial charge >= 0.3 is 0 Å². The third-order valence-corrected chi connectivity index (χ3v) is 7.45. The largest absolute Gasteiger partial charge is 0.353 e. The zero-order valence-corrected chi connectivity index (χ0v) is 20.7. The maximum atomic E-state index is 12.6. The Morgan fingerprint density at radius 1 is 1.18 bits per heavy atom. The Hall–Kier alpha value is -3.30. The number of hydrogen-bond donors (Lipinski definition) is 1. The van der Waals surface area contributed by atoms with E-state index in [0.29, 0.717) is 24.5 Å². The minimum Gasteiger partial charge on any atom is -0.353 e. The van der Waals surface area contributed by atoms with E-state index in [1.54, 1.807) is 23.9 Å². The van der Waals surface area contributed by atoms with Crippen molar-refractivity contribution in [1.82, 2.24) is 29.6 Å². The number of aromatic nitrogens is 5. The van der Waals surface area contributed by atoms with Gasteiger partial charge in [0.2, 0.25) is 5.91 Å². The van der Waals surface area contributed by atoms with E-state index in [-0.39, 0.29) is 11.9 Å². The van der Waals surface area contributed by atoms with Gasteiger partial charge in [-0.1, -0.05) is 23.7 Å². The first kappa shape index (κ1) is 22.5. The molecule has 1 amide bonds. The summed E-state index contributed by atoms with van der Waals surface area (Å²) in [6, 6.07) is 7.32. The van der Waals surface area contributed by atoms with Crippen LogP contribution in [0.5, 0.6) is 0 Å². The van der Waals surface area contributed by atoms with Gasteiger partial charge < -0.3 is 9.88 Å². The van der Waals surface area contributed by atoms with Crippen molar-refractivity contribution in [2.75, 3.05) is 6.54 Å². The summed E-state index contributed by atoms with van der Waals surface area (Å²) >= 11 is 7.87. The molecule has 0 saturated heterocycles. The van der Waals surface area contributed by atoms with Crippen molar-refractivity contribution >= 4 is 34.6 Å². The van der Waals surface area contributed by atoms with Gasteiger partial charge in [-0.05, 0) is 38.5 Å². The van der Waals surface area contributed by atoms with Crippen LogP contribution in [0.15, 0.2) is 48.0 Å². The highest BCUT2D eigenvalue weighted by molar-refractivity contribution is 7.15. The number of halogens is 1. The molecule has 1 aromatic carbocycles. The van der Waals surface area contributed by atoms with Gasteiger partial charge in [-0.15, -0.1) is 21.5 Å². The smallest absolute Gasteiger partial charge is 0.221 e. The fourth-order valence-electron chi connectivity index (χ4n) is 4.08. The molecule has 3 aromatic heterocycles. The first-order valence-electron chi connectivity index (χ1n) is 11.0. The Bertz CT molecular complexity index is 1370. The zero-order valence-electron chi connectivity index (χ0n) is 19.1. The van der Waals surface area contributed by atoms with E-state index in [1.165, 1.54) is 10.4 Å². The van der Waals surface area contributed by atoms with Crippen LogP contribution in [0.4, 0.5) is 0 Å². The average Bonchev–Trinajstić information content (AvgIpc) is 3.52. The second kappa shape index (κ2) is 9.15. The highest BCUT2D eigenvalue weighted by Crippen LogP contribution is 2.38. The Labute approximate surface area is 206 Å². The van der Waals surface area contributed by atoms with Gasteiger partial charge in [0.25, 0.3) is 0 Å². The Morgan fingerprint density at radius 2 is 1.97 bits per heavy atom. The van der Waals surface area contributed by atoms with Gasteiger partial charge in [0.1, 0.15) is 16.9 Å². The maximum Gasteiger partial charge on any atom is 0.221 e. The van der Waals surface area contributed by atoms with E-state index in [0.717, 1.165) is 33.5 Å². The number of imidazole rings is 1. The minimum absolute atomic E-state index is 0.0502. The van der Waals surface area contributed by atoms with Crippen molar-refractivity contribution in [1.29, 1.82) is 0 Å². The fourth-order valence-corrected chi connectivity index (χ4v) is 5.42. The van der Waals surface area contributed by atoms with Crippen molar-refractivity contribution in [2.24, 2.45) is 4.99 Å². The van der Waals surface area contributed by atoms with Crippen molar-refractivity contribution in [3.05, 3.63) is 81.2 Å². The molecule has 1 aliphatic heterocycles. The van der Waals surface area contributed by atoms with E-state index in [1.807, 2.05) is 42.0 Å². The van der Waals surface area contributed by atoms with E-state index >= 15 is 0 Å². The predicted octanol–water partition coefficient (Wildman–Crippen LogP) is 4.20. The summed E-state index contributed by atoms with van der Waals surface area (Å²) in [7, 11) is 0. The number of nitrogens with one attached hydrogen (secondary N) is 1. The molecule has 4 heterocycles. The van der Waals surface area contributed by atoms with Crippen LogP contribution in [-0.4, -0.2) is 42.5 Å². The maximum absolute atomic E-state index is 12.6. The molecule has 1 N–H and O–H groups in total. The molecule has 5 rings (SSSR count). The molecule has 4 aromatic rings. The van der Waals surface area contributed by atoms with E-state index < -0.39 is 0 Å². The Kier molecular flexibility index (Phi) is 6.05. The lowest BCUT2D eigenvalue weighted by Gasteiger charge is -2.14. The van der Waals surface area contributed by atoms with Crippen LogP contribution in [0.3, 0.4) is 0 Å². The number of hydrogen-bond acceptors (Lipinski definition) is 6. The number of carbonyl (C=O) groups is 1. The van der Waals surface area contributed by atoms with Crippen LogP contribution in [0.25, 0.3) is 5.00 Å². The molecule has 8 nitrogen and oxygen atoms in total. The number of benzene rings is 1. The third kappa shape index (κ3) is 4.17. The van der Waals surface area contributed by atoms with Crippen molar-refractivity contribution in [2.45, 2.75) is 39.8 Å². The van der Waals surface area contributed by atoms with Crippen molar-refractivity contribution in [3.63, 3.8) is 0 Å². The van der Waals surface area contributed by atoms with Crippen LogP contribution < -0.4 is 5.32 Å². The number of fused-ring (bicyclic) bond motifs is 3. The second-order valence-electron chi connectivity index (χ2n) is 8.26. The van der Waals surface area contributed by atoms with Gasteiger partial charge in [-0.3, -0.25) is 14.4 Å². The predicted molar refractivity (Wildman–Crippen MR) is 133 cm³/mol. The number of aliphatic imine (C=N–C) groups is 1. The molecule has 0 aliphatic carbocycles. The zero-order chi connectivity index (χ0) is 23.8. The highest BCUT2D eigenvalue weighted by atomic mass is 35.5. The summed E-state index contributed by atoms with van der Waals surface area (Å²) < 4.78 is 3.96. The topological polar surface area (TPSA) is 90.0 Å². The van der Waals surface area contributed by atoms with Crippen LogP contribution in [-0.2, 0) is 11.3 Å². The van der Waals surface area contributed by atoms with Gasteiger partial charge in [-0.25, -0.2) is 4.98 Å². The van der Waals surface area contributed by atoms with E-state index in [4.69, 9.17) is 16.6 Å². The molecular formula is C24H24ClN7OS. The lowest BCUT2D eigenvalue weighted by atomic mass is 10.00. The van der Waals surface area contributed by atoms with Crippen LogP contribution in [0, 0.1) is 20.8 Å². The number of nitrogens with zero attached hydrogens (tertiary/aromatic N) is 6. The lowest BCUT2D eigenvalue weighted by Crippen LogP contribution is -2.29. The molecule has 0 radical (unpaired) electrons. The quantitative estimate of drug-likeness (QED) is 0.436. The normalized spacial score (nSPS) is 14.8. The molecule has 34 heavy (non-hydrogen) atoms. The summed E-state index contributed by atoms with van der Waals surface area (Å²) in [5.74, 6) is 1.46. The summed E-state index contributed by atoms with van der Waals surface area (Å²) in [5.41, 5.74) is 4.09. The summed E-state index contributed by atoms with van der Waals surface area (Å²) in [6.45, 7) is 7.07. The number of carbonyl (C=O) groups excluding carboxylic acids is 1. The summed E-state index contributed by atoms with van der Waals surface area (Å²) in [6.07, 6.45) is 5.60. The van der Waals surface area contributed by atoms with Gasteiger partial charge in [-0.2, -0.15) is 0 Å². The fraction of sp³-hybridized carbons (Fsp3) is 0.292. The Balaban J connectivity index is 1.51. The van der Waals surface area contributed by atoms with Crippen LogP contribution in [0.1, 0.15) is 45.7 Å². The van der Waals surface area contributed by atoms with E-state index in [9.17, 15) is 4.79 Å². The summed E-state index contributed by atoms with van der Waals surface area (Å²) in [5, 5.41) is 13.6. The van der Waals surface area contributed by atoms with Crippen LogP contribution in [0.2, 0.25) is 5.02 Å². The SMILES string of the molecule is Cc1sc2c(c1C)C(c1ccc(Cl)cc1)=N[C@@H](CNC(=O)CCn1ccnc1)c1nnc(C)n1-2. The first-order valence-corrected chi connectivity index (χ1v) is 12.2. The molecule has 0 fully saturated rings. The molecule has 0 spiro atoms. The van der Waals surface area contributed by atoms with Crippen LogP contribution >= 0.6 is 22.9 Å². The third-order valence-electron chi connectivity index (χ3n) is 6.01. The molecule has 0 bridgehead atoms. The number of thiophene rings is 1. The molecule has 174 valence electrons. The molecule has 10 heteroatoms. The van der Waals surface area contributed by atoms with Gasteiger partial charge in [0, 0.05) is 52.9 Å². The standard InChI is InChI=1S/C24H24ClN7OS/c1-14-15(2)34-24-21(14)22(17-4-6-18(25)7-5-17)28-19(23-30-29-16(3)32(23)24)12-27-20(33)8-10-31-11-9-26-13-31/h4-7,9,11,13,19H,8,10,12H2,1-3H3,(H,27,33)/t19-/m0/s1. The van der Waals surface area contributed by atoms with Crippen molar-refractivity contribution in [3.8, 4) is 5.00 Å². The van der Waals surface area contributed by atoms with Crippen molar-refractivity contribution < 1.29 is 4.79 Å². The monoisotopic (exact) mass is 493 g/mol. The number of aryl methyl sites for hydroxylation is 3. The molecular weight excluding hydrogens is 470 g/mol. The molecule has 1 aliphatic rings. The number of amides is 1. The van der Waals surface area contributed by atoms with Gasteiger partial charge in [0.05, 0.1) is 12.0 Å². The molecule has 0 saturated carbocycles. The second-order valence-corrected chi connectivity index (χ2v) is 9.90. The lowest BCUT2D eigenvalue weighted by molar-refractivity contribution is -0.121. The highest BCUT2D eigenvalue weighted by Gasteiger charge is 2.31. The number of rotatable bonds is 6. The first-order chi connectivity index (χ1) is 16.4. The average molecular weight is 494 g/mol. The molecule has 1 atom stereocenters. The molecule has 0 unspecified atom stereocenters. The summed E-state index contributed by atoms with van der Waals surface area (Å²) in [4.78, 5) is 23.0. The minimum atomic E-state index is -0.386. The Morgan fingerprint density at radius 3 is 2.71 bits per heavy atom. The van der Waals surface area contributed by atoms with E-state index in [2.05, 4.69) is 38.9 Å².